The molecule has 0 radical (unpaired) electrons. The SMILES string of the molecule is CC(C)C[C@H]1O[C@@H](C)[C@H](O)[C@@H]1OP(=O)(O)OC1CCC(O)CC1.CC(C)C[C@H]1O[C@@H](C)[C@H](O)[C@@H]1OP(=O)(O)OCCOCCOCCO. The highest BCUT2D eigenvalue weighted by atomic mass is 31.2. The Morgan fingerprint density at radius 1 is 0.667 bits per heavy atom. The molecule has 10 atom stereocenters. The normalized spacial score (nSPS) is 35.0. The predicted molar refractivity (Wildman–Crippen MR) is 173 cm³/mol. The monoisotopic (exact) mass is 738 g/mol. The first kappa shape index (κ1) is 44.1. The molecule has 16 nitrogen and oxygen atoms in total. The van der Waals surface area contributed by atoms with Crippen molar-refractivity contribution in [1.82, 2.24) is 0 Å². The van der Waals surface area contributed by atoms with Crippen LogP contribution in [0, 0.1) is 11.8 Å². The molecule has 6 N–H and O–H groups in total. The van der Waals surface area contributed by atoms with Crippen molar-refractivity contribution in [2.45, 2.75) is 141 Å². The van der Waals surface area contributed by atoms with Crippen LogP contribution >= 0.6 is 15.6 Å². The van der Waals surface area contributed by atoms with Crippen LogP contribution in [0.1, 0.15) is 80.1 Å². The summed E-state index contributed by atoms with van der Waals surface area (Å²) in [4.78, 5) is 19.9. The second-order valence-electron chi connectivity index (χ2n) is 13.4. The van der Waals surface area contributed by atoms with E-state index in [4.69, 9.17) is 42.1 Å². The molecule has 2 aliphatic heterocycles. The maximum absolute atomic E-state index is 12.3. The van der Waals surface area contributed by atoms with Crippen molar-refractivity contribution in [2.75, 3.05) is 39.6 Å². The number of hydrogen-bond acceptors (Lipinski definition) is 14. The Bertz CT molecular complexity index is 977. The van der Waals surface area contributed by atoms with Gasteiger partial charge in [-0.15, -0.1) is 0 Å². The number of rotatable bonds is 19. The van der Waals surface area contributed by atoms with E-state index >= 15 is 0 Å². The van der Waals surface area contributed by atoms with Gasteiger partial charge in [-0.05, 0) is 64.2 Å². The zero-order valence-electron chi connectivity index (χ0n) is 29.1. The average Bonchev–Trinajstić information content (AvgIpc) is 3.38. The Hall–Kier alpha value is -0.100. The summed E-state index contributed by atoms with van der Waals surface area (Å²) in [7, 11) is -8.63. The van der Waals surface area contributed by atoms with Crippen LogP contribution in [0.4, 0.5) is 0 Å². The van der Waals surface area contributed by atoms with Gasteiger partial charge in [0.15, 0.2) is 0 Å². The molecule has 3 fully saturated rings. The number of aliphatic hydroxyl groups excluding tert-OH is 4. The van der Waals surface area contributed by atoms with Gasteiger partial charge in [-0.1, -0.05) is 27.7 Å². The van der Waals surface area contributed by atoms with E-state index in [1.54, 1.807) is 13.8 Å². The smallest absolute Gasteiger partial charge is 0.394 e. The van der Waals surface area contributed by atoms with Gasteiger partial charge >= 0.3 is 15.6 Å². The third kappa shape index (κ3) is 16.1. The Labute approximate surface area is 284 Å². The minimum absolute atomic E-state index is 0.0543. The van der Waals surface area contributed by atoms with Gasteiger partial charge < -0.3 is 49.2 Å². The van der Waals surface area contributed by atoms with Gasteiger partial charge in [0.1, 0.15) is 24.4 Å². The van der Waals surface area contributed by atoms with Gasteiger partial charge in [-0.25, -0.2) is 9.13 Å². The summed E-state index contributed by atoms with van der Waals surface area (Å²) in [6, 6.07) is 0. The quantitative estimate of drug-likeness (QED) is 0.0827. The lowest BCUT2D eigenvalue weighted by molar-refractivity contribution is -0.0142. The molecule has 2 saturated heterocycles. The second-order valence-corrected chi connectivity index (χ2v) is 16.2. The lowest BCUT2D eigenvalue weighted by Crippen LogP contribution is -2.35. The van der Waals surface area contributed by atoms with Crippen molar-refractivity contribution >= 4 is 15.6 Å². The molecule has 0 amide bonds. The molecule has 0 spiro atoms. The highest BCUT2D eigenvalue weighted by Crippen LogP contribution is 2.50. The Kier molecular flexibility index (Phi) is 19.7. The standard InChI is InChI=1S/C15H31O9P.C15H29O7P/c1-11(2)10-13-15(14(17)12(3)23-13)24-25(18,19)22-9-8-21-7-6-20-5-4-16;1-9(2)8-13-15(14(17)10(3)20-13)22-23(18,19)21-12-6-4-11(16)5-7-12/h11-17H,4-10H2,1-3H3,(H,18,19);9-17H,4-8H2,1-3H3,(H,18,19)/t12-,13+,14-,15+;10-,11?,12?,13+,14-,15+/m00/s1. The molecule has 2 unspecified atom stereocenters. The van der Waals surface area contributed by atoms with E-state index < -0.39 is 70.6 Å². The lowest BCUT2D eigenvalue weighted by atomic mass is 9.95. The third-order valence-corrected chi connectivity index (χ3v) is 10.2. The van der Waals surface area contributed by atoms with Crippen LogP contribution in [0.5, 0.6) is 0 Å². The molecule has 286 valence electrons. The van der Waals surface area contributed by atoms with Gasteiger partial charge in [0.2, 0.25) is 0 Å². The molecule has 1 saturated carbocycles. The van der Waals surface area contributed by atoms with Crippen molar-refractivity contribution in [1.29, 1.82) is 0 Å². The molecule has 0 aromatic heterocycles. The summed E-state index contributed by atoms with van der Waals surface area (Å²) in [5, 5.41) is 38.3. The number of ether oxygens (including phenoxy) is 4. The summed E-state index contributed by atoms with van der Waals surface area (Å²) < 4.78 is 66.3. The maximum atomic E-state index is 12.3. The Balaban J connectivity index is 0.000000334. The van der Waals surface area contributed by atoms with Crippen LogP contribution in [0.25, 0.3) is 0 Å². The van der Waals surface area contributed by atoms with Gasteiger partial charge in [0.05, 0.1) is 76.3 Å². The number of hydrogen-bond donors (Lipinski definition) is 6. The van der Waals surface area contributed by atoms with E-state index in [2.05, 4.69) is 0 Å². The van der Waals surface area contributed by atoms with Crippen LogP contribution in [-0.2, 0) is 46.2 Å². The fourth-order valence-electron chi connectivity index (χ4n) is 5.71. The predicted octanol–water partition coefficient (Wildman–Crippen LogP) is 2.69. The molecule has 2 heterocycles. The van der Waals surface area contributed by atoms with Crippen LogP contribution in [-0.4, -0.2) is 131 Å². The molecule has 48 heavy (non-hydrogen) atoms. The lowest BCUT2D eigenvalue weighted by Gasteiger charge is -2.29. The van der Waals surface area contributed by atoms with Crippen molar-refractivity contribution in [3.63, 3.8) is 0 Å². The molecule has 0 bridgehead atoms. The zero-order chi connectivity index (χ0) is 36.1. The number of aliphatic hydroxyl groups is 4. The highest BCUT2D eigenvalue weighted by Gasteiger charge is 2.47. The van der Waals surface area contributed by atoms with Crippen LogP contribution in [0.15, 0.2) is 0 Å². The van der Waals surface area contributed by atoms with E-state index in [9.17, 15) is 34.2 Å². The molecule has 18 heteroatoms. The van der Waals surface area contributed by atoms with Gasteiger partial charge in [-0.3, -0.25) is 18.1 Å². The third-order valence-electron chi connectivity index (χ3n) is 8.08. The van der Waals surface area contributed by atoms with Crippen molar-refractivity contribution in [2.24, 2.45) is 11.8 Å². The summed E-state index contributed by atoms with van der Waals surface area (Å²) >= 11 is 0. The van der Waals surface area contributed by atoms with Crippen LogP contribution < -0.4 is 0 Å². The van der Waals surface area contributed by atoms with Gasteiger partial charge in [0, 0.05) is 0 Å². The molecule has 0 aromatic rings. The van der Waals surface area contributed by atoms with E-state index in [-0.39, 0.29) is 45.1 Å². The maximum Gasteiger partial charge on any atom is 0.472 e. The van der Waals surface area contributed by atoms with Crippen molar-refractivity contribution in [3.8, 4) is 0 Å². The van der Waals surface area contributed by atoms with E-state index in [0.29, 0.717) is 51.0 Å². The van der Waals surface area contributed by atoms with E-state index in [1.165, 1.54) is 0 Å². The van der Waals surface area contributed by atoms with E-state index in [1.807, 2.05) is 27.7 Å². The molecular weight excluding hydrogens is 678 g/mol. The van der Waals surface area contributed by atoms with Crippen LogP contribution in [0.3, 0.4) is 0 Å². The minimum Gasteiger partial charge on any atom is -0.394 e. The first-order valence-corrected chi connectivity index (χ1v) is 19.9. The molecule has 0 aromatic carbocycles. The first-order valence-electron chi connectivity index (χ1n) is 16.9. The van der Waals surface area contributed by atoms with Crippen molar-refractivity contribution in [3.05, 3.63) is 0 Å². The number of phosphoric ester groups is 2. The topological polar surface area (TPSA) is 229 Å². The second kappa shape index (κ2) is 21.4. The summed E-state index contributed by atoms with van der Waals surface area (Å²) in [6.07, 6.45) is -2.98. The highest BCUT2D eigenvalue weighted by molar-refractivity contribution is 7.47. The summed E-state index contributed by atoms with van der Waals surface area (Å²) in [5.74, 6) is 0.594. The summed E-state index contributed by atoms with van der Waals surface area (Å²) in [6.45, 7) is 12.1. The van der Waals surface area contributed by atoms with Gasteiger partial charge in [0.25, 0.3) is 0 Å². The minimum atomic E-state index is -4.34. The largest absolute Gasteiger partial charge is 0.472 e. The molecule has 1 aliphatic carbocycles. The number of phosphoric acid groups is 2. The fourth-order valence-corrected chi connectivity index (χ4v) is 7.85. The van der Waals surface area contributed by atoms with Crippen LogP contribution in [0.2, 0.25) is 0 Å². The van der Waals surface area contributed by atoms with E-state index in [0.717, 1.165) is 0 Å². The molecule has 3 rings (SSSR count). The first-order chi connectivity index (χ1) is 22.4. The van der Waals surface area contributed by atoms with Gasteiger partial charge in [-0.2, -0.15) is 0 Å². The fraction of sp³-hybridized carbons (Fsp3) is 1.00. The average molecular weight is 739 g/mol. The molecule has 3 aliphatic rings. The Morgan fingerprint density at radius 2 is 1.10 bits per heavy atom. The van der Waals surface area contributed by atoms with Crippen molar-refractivity contribution < 1.29 is 76.4 Å². The zero-order valence-corrected chi connectivity index (χ0v) is 30.9. The molecular formula is C30H60O16P2. The summed E-state index contributed by atoms with van der Waals surface area (Å²) in [5.41, 5.74) is 0. The Morgan fingerprint density at radius 3 is 1.56 bits per heavy atom.